The molecular weight excluding hydrogens is 194 g/mol. The lowest BCUT2D eigenvalue weighted by Crippen LogP contribution is -2.43. The highest BCUT2D eigenvalue weighted by Gasteiger charge is 2.21. The van der Waals surface area contributed by atoms with Gasteiger partial charge in [-0.05, 0) is 19.4 Å². The lowest BCUT2D eigenvalue weighted by Gasteiger charge is -2.32. The van der Waals surface area contributed by atoms with E-state index in [1.807, 2.05) is 6.08 Å². The van der Waals surface area contributed by atoms with Crippen LogP contribution in [0.4, 0.5) is 0 Å². The molecule has 15 heavy (non-hydrogen) atoms. The van der Waals surface area contributed by atoms with Crippen LogP contribution in [0.1, 0.15) is 19.3 Å². The number of aliphatic carboxylic acids is 1. The minimum absolute atomic E-state index is 0.109. The molecule has 1 aliphatic heterocycles. The van der Waals surface area contributed by atoms with Crippen LogP contribution in [-0.2, 0) is 9.53 Å². The Balaban J connectivity index is 2.22. The number of unbranched alkanes of at least 4 members (excludes halogenated alkanes) is 1. The number of hydrogen-bond donors (Lipinski definition) is 1. The number of allylic oxidation sites excluding steroid dienone is 1. The van der Waals surface area contributed by atoms with Gasteiger partial charge in [0, 0.05) is 13.1 Å². The summed E-state index contributed by atoms with van der Waals surface area (Å²) in [6.07, 6.45) is 3.98. The van der Waals surface area contributed by atoms with Gasteiger partial charge in [-0.1, -0.05) is 6.08 Å². The maximum absolute atomic E-state index is 10.5. The first kappa shape index (κ1) is 12.2. The summed E-state index contributed by atoms with van der Waals surface area (Å²) in [5.74, 6) is -0.784. The zero-order valence-corrected chi connectivity index (χ0v) is 9.02. The van der Waals surface area contributed by atoms with Crippen LogP contribution in [0.25, 0.3) is 0 Å². The van der Waals surface area contributed by atoms with Gasteiger partial charge in [0.2, 0.25) is 0 Å². The summed E-state index contributed by atoms with van der Waals surface area (Å²) in [6.45, 7) is 6.98. The van der Waals surface area contributed by atoms with Gasteiger partial charge >= 0.3 is 5.97 Å². The fourth-order valence-corrected chi connectivity index (χ4v) is 1.76. The predicted octanol–water partition coefficient (Wildman–Crippen LogP) is 1.13. The average molecular weight is 213 g/mol. The van der Waals surface area contributed by atoms with Gasteiger partial charge in [-0.3, -0.25) is 9.69 Å². The first-order valence-corrected chi connectivity index (χ1v) is 5.39. The standard InChI is InChI=1S/C11H19NO3/c1-2-3-4-5-12-6-7-15-10(9-12)8-11(13)14/h2,10H,1,3-9H2,(H,13,14). The van der Waals surface area contributed by atoms with Crippen LogP contribution >= 0.6 is 0 Å². The molecule has 0 spiro atoms. The fraction of sp³-hybridized carbons (Fsp3) is 0.727. The van der Waals surface area contributed by atoms with E-state index in [4.69, 9.17) is 9.84 Å². The Kier molecular flexibility index (Phi) is 5.36. The number of morpholine rings is 1. The Morgan fingerprint density at radius 1 is 1.67 bits per heavy atom. The van der Waals surface area contributed by atoms with Crippen LogP contribution in [0.15, 0.2) is 12.7 Å². The monoisotopic (exact) mass is 213 g/mol. The molecule has 1 N–H and O–H groups in total. The summed E-state index contributed by atoms with van der Waals surface area (Å²) in [5.41, 5.74) is 0. The molecule has 1 fully saturated rings. The van der Waals surface area contributed by atoms with Gasteiger partial charge in [0.1, 0.15) is 0 Å². The zero-order valence-electron chi connectivity index (χ0n) is 9.02. The zero-order chi connectivity index (χ0) is 11.1. The van der Waals surface area contributed by atoms with Crippen molar-refractivity contribution in [1.82, 2.24) is 4.90 Å². The van der Waals surface area contributed by atoms with E-state index in [1.54, 1.807) is 0 Å². The summed E-state index contributed by atoms with van der Waals surface area (Å²) in [4.78, 5) is 12.8. The molecular formula is C11H19NO3. The number of nitrogens with zero attached hydrogens (tertiary/aromatic N) is 1. The van der Waals surface area contributed by atoms with E-state index in [-0.39, 0.29) is 12.5 Å². The molecule has 4 heteroatoms. The third-order valence-electron chi connectivity index (χ3n) is 2.51. The molecule has 86 valence electrons. The number of carboxylic acids is 1. The van der Waals surface area contributed by atoms with E-state index in [9.17, 15) is 4.79 Å². The van der Waals surface area contributed by atoms with E-state index in [0.29, 0.717) is 6.61 Å². The SMILES string of the molecule is C=CCCCN1CCOC(CC(=O)O)C1. The molecule has 0 aliphatic carbocycles. The van der Waals surface area contributed by atoms with Crippen molar-refractivity contribution in [2.45, 2.75) is 25.4 Å². The fourth-order valence-electron chi connectivity index (χ4n) is 1.76. The highest BCUT2D eigenvalue weighted by atomic mass is 16.5. The van der Waals surface area contributed by atoms with E-state index in [2.05, 4.69) is 11.5 Å². The van der Waals surface area contributed by atoms with Crippen molar-refractivity contribution in [3.63, 3.8) is 0 Å². The van der Waals surface area contributed by atoms with Crippen LogP contribution in [0.5, 0.6) is 0 Å². The highest BCUT2D eigenvalue weighted by molar-refractivity contribution is 5.67. The number of rotatable bonds is 6. The van der Waals surface area contributed by atoms with Gasteiger partial charge in [-0.25, -0.2) is 0 Å². The maximum Gasteiger partial charge on any atom is 0.306 e. The minimum Gasteiger partial charge on any atom is -0.481 e. The number of hydrogen-bond acceptors (Lipinski definition) is 3. The normalized spacial score (nSPS) is 22.5. The molecule has 0 aromatic carbocycles. The van der Waals surface area contributed by atoms with E-state index < -0.39 is 5.97 Å². The molecule has 0 saturated carbocycles. The van der Waals surface area contributed by atoms with Gasteiger partial charge in [-0.2, -0.15) is 0 Å². The largest absolute Gasteiger partial charge is 0.481 e. The number of ether oxygens (including phenoxy) is 1. The summed E-state index contributed by atoms with van der Waals surface area (Å²) in [7, 11) is 0. The first-order valence-electron chi connectivity index (χ1n) is 5.39. The van der Waals surface area contributed by atoms with Crippen molar-refractivity contribution in [3.05, 3.63) is 12.7 Å². The van der Waals surface area contributed by atoms with Crippen LogP contribution in [0, 0.1) is 0 Å². The number of carboxylic acid groups (broad SMARTS) is 1. The molecule has 0 aromatic heterocycles. The smallest absolute Gasteiger partial charge is 0.306 e. The second kappa shape index (κ2) is 6.58. The maximum atomic E-state index is 10.5. The van der Waals surface area contributed by atoms with Crippen LogP contribution in [0.3, 0.4) is 0 Å². The average Bonchev–Trinajstić information content (AvgIpc) is 2.18. The summed E-state index contributed by atoms with van der Waals surface area (Å²) in [6, 6.07) is 0. The summed E-state index contributed by atoms with van der Waals surface area (Å²) in [5, 5.41) is 8.65. The molecule has 1 heterocycles. The quantitative estimate of drug-likeness (QED) is 0.531. The Morgan fingerprint density at radius 3 is 3.13 bits per heavy atom. The van der Waals surface area contributed by atoms with Crippen molar-refractivity contribution in [2.24, 2.45) is 0 Å². The topological polar surface area (TPSA) is 49.8 Å². The molecule has 0 amide bonds. The third kappa shape index (κ3) is 4.95. The Hall–Kier alpha value is -0.870. The molecule has 1 atom stereocenters. The van der Waals surface area contributed by atoms with Gasteiger partial charge in [-0.15, -0.1) is 6.58 Å². The van der Waals surface area contributed by atoms with Crippen molar-refractivity contribution in [3.8, 4) is 0 Å². The van der Waals surface area contributed by atoms with E-state index in [0.717, 1.165) is 32.5 Å². The molecule has 1 unspecified atom stereocenters. The van der Waals surface area contributed by atoms with Gasteiger partial charge in [0.25, 0.3) is 0 Å². The number of carbonyl (C=O) groups is 1. The molecule has 1 saturated heterocycles. The molecule has 0 bridgehead atoms. The van der Waals surface area contributed by atoms with Crippen LogP contribution < -0.4 is 0 Å². The van der Waals surface area contributed by atoms with Gasteiger partial charge in [0.05, 0.1) is 19.1 Å². The van der Waals surface area contributed by atoms with Crippen molar-refractivity contribution in [2.75, 3.05) is 26.2 Å². The highest BCUT2D eigenvalue weighted by Crippen LogP contribution is 2.09. The Morgan fingerprint density at radius 2 is 2.47 bits per heavy atom. The van der Waals surface area contributed by atoms with Gasteiger partial charge < -0.3 is 9.84 Å². The predicted molar refractivity (Wildman–Crippen MR) is 57.9 cm³/mol. The third-order valence-corrected chi connectivity index (χ3v) is 2.51. The lowest BCUT2D eigenvalue weighted by atomic mass is 10.2. The Labute approximate surface area is 90.5 Å². The Bertz CT molecular complexity index is 218. The van der Waals surface area contributed by atoms with E-state index in [1.165, 1.54) is 0 Å². The van der Waals surface area contributed by atoms with Crippen molar-refractivity contribution < 1.29 is 14.6 Å². The molecule has 1 rings (SSSR count). The van der Waals surface area contributed by atoms with Gasteiger partial charge in [0.15, 0.2) is 0 Å². The molecule has 0 radical (unpaired) electrons. The van der Waals surface area contributed by atoms with E-state index >= 15 is 0 Å². The summed E-state index contributed by atoms with van der Waals surface area (Å²) >= 11 is 0. The molecule has 4 nitrogen and oxygen atoms in total. The second-order valence-corrected chi connectivity index (χ2v) is 3.82. The first-order chi connectivity index (χ1) is 7.22. The molecule has 1 aliphatic rings. The molecule has 0 aromatic rings. The van der Waals surface area contributed by atoms with Crippen LogP contribution in [-0.4, -0.2) is 48.3 Å². The minimum atomic E-state index is -0.784. The van der Waals surface area contributed by atoms with Crippen LogP contribution in [0.2, 0.25) is 0 Å². The second-order valence-electron chi connectivity index (χ2n) is 3.82. The lowest BCUT2D eigenvalue weighted by molar-refractivity contribution is -0.142. The summed E-state index contributed by atoms with van der Waals surface area (Å²) < 4.78 is 5.38. The van der Waals surface area contributed by atoms with Crippen molar-refractivity contribution >= 4 is 5.97 Å². The van der Waals surface area contributed by atoms with Crippen molar-refractivity contribution in [1.29, 1.82) is 0 Å².